The summed E-state index contributed by atoms with van der Waals surface area (Å²) in [6.45, 7) is 2.00. The minimum atomic E-state index is 0.485. The molecule has 1 saturated carbocycles. The lowest BCUT2D eigenvalue weighted by atomic mass is 9.95. The summed E-state index contributed by atoms with van der Waals surface area (Å²) in [4.78, 5) is 11.2. The Morgan fingerprint density at radius 1 is 1.35 bits per heavy atom. The highest BCUT2D eigenvalue weighted by atomic mass is 35.5. The number of halogens is 1. The highest BCUT2D eigenvalue weighted by Gasteiger charge is 2.20. The van der Waals surface area contributed by atoms with Crippen molar-refractivity contribution in [1.29, 1.82) is 0 Å². The van der Waals surface area contributed by atoms with Gasteiger partial charge in [0, 0.05) is 30.5 Å². The van der Waals surface area contributed by atoms with Gasteiger partial charge in [-0.25, -0.2) is 9.97 Å². The van der Waals surface area contributed by atoms with Gasteiger partial charge in [-0.1, -0.05) is 19.3 Å². The molecule has 1 aliphatic rings. The Bertz CT molecular complexity index is 375. The van der Waals surface area contributed by atoms with Crippen molar-refractivity contribution in [2.24, 2.45) is 0 Å². The van der Waals surface area contributed by atoms with Gasteiger partial charge in [0.05, 0.1) is 5.88 Å². The Morgan fingerprint density at radius 2 is 2.06 bits per heavy atom. The summed E-state index contributed by atoms with van der Waals surface area (Å²) in [6, 6.07) is 0.602. The van der Waals surface area contributed by atoms with Crippen molar-refractivity contribution in [3.63, 3.8) is 0 Å². The van der Waals surface area contributed by atoms with Crippen LogP contribution in [-0.2, 0) is 5.88 Å². The molecule has 0 aromatic carbocycles. The van der Waals surface area contributed by atoms with Crippen LogP contribution in [0.25, 0.3) is 0 Å². The van der Waals surface area contributed by atoms with Crippen molar-refractivity contribution in [2.75, 3.05) is 11.9 Å². The van der Waals surface area contributed by atoms with E-state index in [1.807, 2.05) is 13.1 Å². The topological polar surface area (TPSA) is 29.0 Å². The molecule has 4 heteroatoms. The Hall–Kier alpha value is -0.830. The molecule has 0 unspecified atom stereocenters. The molecular weight excluding hydrogens is 234 g/mol. The second kappa shape index (κ2) is 5.67. The molecule has 0 saturated heterocycles. The van der Waals surface area contributed by atoms with Crippen LogP contribution in [0.2, 0.25) is 0 Å². The summed E-state index contributed by atoms with van der Waals surface area (Å²) in [5.74, 6) is 1.32. The fourth-order valence-electron chi connectivity index (χ4n) is 2.41. The maximum atomic E-state index is 5.82. The number of alkyl halides is 1. The van der Waals surface area contributed by atoms with Crippen LogP contribution in [0.15, 0.2) is 6.20 Å². The normalized spacial score (nSPS) is 17.1. The fourth-order valence-corrected chi connectivity index (χ4v) is 2.67. The predicted molar refractivity (Wildman–Crippen MR) is 71.6 cm³/mol. The van der Waals surface area contributed by atoms with Gasteiger partial charge in [-0.3, -0.25) is 0 Å². The van der Waals surface area contributed by atoms with E-state index in [-0.39, 0.29) is 0 Å². The summed E-state index contributed by atoms with van der Waals surface area (Å²) in [7, 11) is 2.10. The average molecular weight is 254 g/mol. The van der Waals surface area contributed by atoms with Crippen LogP contribution in [0.1, 0.15) is 43.4 Å². The van der Waals surface area contributed by atoms with E-state index in [1.54, 1.807) is 0 Å². The van der Waals surface area contributed by atoms with Crippen LogP contribution in [0.3, 0.4) is 0 Å². The summed E-state index contributed by atoms with van der Waals surface area (Å²) < 4.78 is 0. The third-order valence-corrected chi connectivity index (χ3v) is 3.94. The first kappa shape index (κ1) is 12.6. The van der Waals surface area contributed by atoms with Gasteiger partial charge < -0.3 is 4.90 Å². The predicted octanol–water partition coefficient (Wildman–Crippen LogP) is 3.29. The number of aryl methyl sites for hydroxylation is 1. The molecule has 17 heavy (non-hydrogen) atoms. The van der Waals surface area contributed by atoms with E-state index in [0.29, 0.717) is 11.9 Å². The Labute approximate surface area is 108 Å². The molecule has 1 aromatic heterocycles. The molecule has 1 heterocycles. The van der Waals surface area contributed by atoms with Crippen molar-refractivity contribution in [3.8, 4) is 0 Å². The number of nitrogens with zero attached hydrogens (tertiary/aromatic N) is 3. The summed E-state index contributed by atoms with van der Waals surface area (Å²) in [5, 5.41) is 0. The third kappa shape index (κ3) is 2.89. The van der Waals surface area contributed by atoms with E-state index >= 15 is 0 Å². The lowest BCUT2D eigenvalue weighted by molar-refractivity contribution is 0.424. The lowest BCUT2D eigenvalue weighted by Crippen LogP contribution is -2.34. The van der Waals surface area contributed by atoms with Crippen LogP contribution in [0.5, 0.6) is 0 Å². The van der Waals surface area contributed by atoms with E-state index in [9.17, 15) is 0 Å². The standard InChI is InChI=1S/C13H20ClN3/c1-10-11(8-14)9-15-13(16-10)17(2)12-6-4-3-5-7-12/h9,12H,3-8H2,1-2H3. The van der Waals surface area contributed by atoms with E-state index in [0.717, 1.165) is 17.2 Å². The maximum absolute atomic E-state index is 5.82. The zero-order chi connectivity index (χ0) is 12.3. The molecule has 0 spiro atoms. The van der Waals surface area contributed by atoms with Crippen molar-refractivity contribution < 1.29 is 0 Å². The van der Waals surface area contributed by atoms with Gasteiger partial charge in [0.25, 0.3) is 0 Å². The van der Waals surface area contributed by atoms with Gasteiger partial charge in [0.1, 0.15) is 0 Å². The second-order valence-corrected chi connectivity index (χ2v) is 5.08. The second-order valence-electron chi connectivity index (χ2n) is 4.82. The molecule has 0 radical (unpaired) electrons. The highest BCUT2D eigenvalue weighted by Crippen LogP contribution is 2.24. The van der Waals surface area contributed by atoms with E-state index in [2.05, 4.69) is 21.9 Å². The number of hydrogen-bond acceptors (Lipinski definition) is 3. The van der Waals surface area contributed by atoms with Crippen molar-refractivity contribution >= 4 is 17.5 Å². The molecule has 1 aliphatic carbocycles. The molecule has 0 aliphatic heterocycles. The van der Waals surface area contributed by atoms with Gasteiger partial charge in [-0.2, -0.15) is 0 Å². The van der Waals surface area contributed by atoms with Crippen LogP contribution in [-0.4, -0.2) is 23.1 Å². The van der Waals surface area contributed by atoms with Gasteiger partial charge in [0.15, 0.2) is 0 Å². The molecule has 0 bridgehead atoms. The molecule has 0 amide bonds. The number of aromatic nitrogens is 2. The van der Waals surface area contributed by atoms with E-state index in [1.165, 1.54) is 32.1 Å². The van der Waals surface area contributed by atoms with Gasteiger partial charge in [0.2, 0.25) is 5.95 Å². The fraction of sp³-hybridized carbons (Fsp3) is 0.692. The summed E-state index contributed by atoms with van der Waals surface area (Å²) >= 11 is 5.82. The zero-order valence-electron chi connectivity index (χ0n) is 10.6. The maximum Gasteiger partial charge on any atom is 0.225 e. The van der Waals surface area contributed by atoms with E-state index in [4.69, 9.17) is 11.6 Å². The van der Waals surface area contributed by atoms with Crippen LogP contribution >= 0.6 is 11.6 Å². The number of anilines is 1. The summed E-state index contributed by atoms with van der Waals surface area (Å²) in [6.07, 6.45) is 8.40. The number of hydrogen-bond donors (Lipinski definition) is 0. The quantitative estimate of drug-likeness (QED) is 0.774. The zero-order valence-corrected chi connectivity index (χ0v) is 11.4. The largest absolute Gasteiger partial charge is 0.341 e. The molecule has 0 N–H and O–H groups in total. The average Bonchev–Trinajstić information content (AvgIpc) is 2.39. The Morgan fingerprint density at radius 3 is 2.65 bits per heavy atom. The van der Waals surface area contributed by atoms with Crippen molar-refractivity contribution in [3.05, 3.63) is 17.5 Å². The van der Waals surface area contributed by atoms with Crippen molar-refractivity contribution in [2.45, 2.75) is 50.9 Å². The van der Waals surface area contributed by atoms with Gasteiger partial charge in [-0.15, -0.1) is 11.6 Å². The monoisotopic (exact) mass is 253 g/mol. The lowest BCUT2D eigenvalue weighted by Gasteiger charge is -2.31. The first-order valence-corrected chi connectivity index (χ1v) is 6.87. The first-order valence-electron chi connectivity index (χ1n) is 6.33. The Balaban J connectivity index is 2.12. The van der Waals surface area contributed by atoms with Crippen LogP contribution in [0.4, 0.5) is 5.95 Å². The SMILES string of the molecule is Cc1nc(N(C)C2CCCCC2)ncc1CCl. The Kier molecular flexibility index (Phi) is 4.21. The molecular formula is C13H20ClN3. The minimum Gasteiger partial charge on any atom is -0.341 e. The third-order valence-electron chi connectivity index (χ3n) is 3.65. The number of rotatable bonds is 3. The molecule has 2 rings (SSSR count). The highest BCUT2D eigenvalue weighted by molar-refractivity contribution is 6.17. The summed E-state index contributed by atoms with van der Waals surface area (Å²) in [5.41, 5.74) is 2.01. The molecule has 0 atom stereocenters. The minimum absolute atomic E-state index is 0.485. The van der Waals surface area contributed by atoms with Gasteiger partial charge >= 0.3 is 0 Å². The molecule has 94 valence electrons. The molecule has 3 nitrogen and oxygen atoms in total. The smallest absolute Gasteiger partial charge is 0.225 e. The van der Waals surface area contributed by atoms with E-state index < -0.39 is 0 Å². The first-order chi connectivity index (χ1) is 8.22. The van der Waals surface area contributed by atoms with Crippen LogP contribution in [0, 0.1) is 6.92 Å². The molecule has 1 aromatic rings. The van der Waals surface area contributed by atoms with Crippen LogP contribution < -0.4 is 4.90 Å². The molecule has 1 fully saturated rings. The van der Waals surface area contributed by atoms with Gasteiger partial charge in [-0.05, 0) is 19.8 Å². The van der Waals surface area contributed by atoms with Crippen molar-refractivity contribution in [1.82, 2.24) is 9.97 Å².